The number of carbonyl (C=O) groups excluding carboxylic acids is 1. The van der Waals surface area contributed by atoms with Gasteiger partial charge in [0.05, 0.1) is 12.9 Å². The molecule has 6 nitrogen and oxygen atoms in total. The molecule has 0 bridgehead atoms. The van der Waals surface area contributed by atoms with Crippen LogP contribution in [0.25, 0.3) is 5.69 Å². The van der Waals surface area contributed by atoms with Gasteiger partial charge in [-0.3, -0.25) is 9.36 Å². The highest BCUT2D eigenvalue weighted by Crippen LogP contribution is 2.23. The smallest absolute Gasteiger partial charge is 0.234 e. The lowest BCUT2D eigenvalue weighted by Crippen LogP contribution is -2.14. The van der Waals surface area contributed by atoms with Crippen LogP contribution in [0.5, 0.6) is 5.75 Å². The summed E-state index contributed by atoms with van der Waals surface area (Å²) in [6, 6.07) is 15.5. The van der Waals surface area contributed by atoms with Crippen molar-refractivity contribution in [3.05, 3.63) is 59.9 Å². The molecule has 0 unspecified atom stereocenters. The number of amides is 1. The van der Waals surface area contributed by atoms with Gasteiger partial charge in [0.1, 0.15) is 11.6 Å². The fourth-order valence-corrected chi connectivity index (χ4v) is 3.41. The maximum absolute atomic E-state index is 12.3. The molecule has 2 aromatic carbocycles. The van der Waals surface area contributed by atoms with E-state index in [0.717, 1.165) is 29.4 Å². The van der Waals surface area contributed by atoms with E-state index in [1.807, 2.05) is 35.8 Å². The van der Waals surface area contributed by atoms with Gasteiger partial charge in [0.2, 0.25) is 5.91 Å². The van der Waals surface area contributed by atoms with Gasteiger partial charge in [-0.25, -0.2) is 0 Å². The van der Waals surface area contributed by atoms with Crippen molar-refractivity contribution in [2.24, 2.45) is 0 Å². The number of hydrogen-bond donors (Lipinski definition) is 1. The van der Waals surface area contributed by atoms with Crippen LogP contribution in [-0.4, -0.2) is 33.5 Å². The van der Waals surface area contributed by atoms with Crippen molar-refractivity contribution in [2.45, 2.75) is 25.4 Å². The first-order chi connectivity index (χ1) is 13.1. The molecular formula is C20H22N4O2S. The van der Waals surface area contributed by atoms with Gasteiger partial charge in [0.25, 0.3) is 0 Å². The number of aromatic nitrogens is 3. The van der Waals surface area contributed by atoms with E-state index in [1.165, 1.54) is 17.3 Å². The molecule has 1 amide bonds. The zero-order chi connectivity index (χ0) is 19.2. The highest BCUT2D eigenvalue weighted by Gasteiger charge is 2.13. The van der Waals surface area contributed by atoms with Crippen LogP contribution in [0.1, 0.15) is 18.3 Å². The van der Waals surface area contributed by atoms with Crippen LogP contribution in [0.3, 0.4) is 0 Å². The van der Waals surface area contributed by atoms with Crippen LogP contribution >= 0.6 is 11.8 Å². The summed E-state index contributed by atoms with van der Waals surface area (Å²) < 4.78 is 7.08. The van der Waals surface area contributed by atoms with Crippen LogP contribution in [0.15, 0.2) is 53.7 Å². The van der Waals surface area contributed by atoms with Crippen LogP contribution in [-0.2, 0) is 11.2 Å². The van der Waals surface area contributed by atoms with E-state index in [1.54, 1.807) is 7.11 Å². The molecule has 140 valence electrons. The molecule has 0 saturated heterocycles. The lowest BCUT2D eigenvalue weighted by molar-refractivity contribution is -0.113. The number of nitrogens with zero attached hydrogens (tertiary/aromatic N) is 3. The number of nitrogens with one attached hydrogen (secondary N) is 1. The second-order valence-corrected chi connectivity index (χ2v) is 6.89. The lowest BCUT2D eigenvalue weighted by Gasteiger charge is -2.09. The van der Waals surface area contributed by atoms with Gasteiger partial charge in [0.15, 0.2) is 5.16 Å². The van der Waals surface area contributed by atoms with Gasteiger partial charge < -0.3 is 10.1 Å². The minimum atomic E-state index is -0.0984. The number of hydrogen-bond acceptors (Lipinski definition) is 5. The molecule has 0 fully saturated rings. The predicted molar refractivity (Wildman–Crippen MR) is 108 cm³/mol. The SMILES string of the molecule is CCc1ccc(-n2c(C)nnc2SCC(=O)Nc2ccc(OC)cc2)cc1. The van der Waals surface area contributed by atoms with E-state index in [2.05, 4.69) is 46.7 Å². The quantitative estimate of drug-likeness (QED) is 0.628. The summed E-state index contributed by atoms with van der Waals surface area (Å²) in [6.45, 7) is 4.03. The van der Waals surface area contributed by atoms with E-state index in [0.29, 0.717) is 5.16 Å². The Morgan fingerprint density at radius 2 is 1.81 bits per heavy atom. The molecular weight excluding hydrogens is 360 g/mol. The molecule has 0 aliphatic carbocycles. The van der Waals surface area contributed by atoms with Crippen molar-refractivity contribution in [3.8, 4) is 11.4 Å². The highest BCUT2D eigenvalue weighted by molar-refractivity contribution is 7.99. The summed E-state index contributed by atoms with van der Waals surface area (Å²) in [7, 11) is 1.61. The number of benzene rings is 2. The molecule has 0 aliphatic heterocycles. The number of thioether (sulfide) groups is 1. The molecule has 1 N–H and O–H groups in total. The fourth-order valence-electron chi connectivity index (χ4n) is 2.62. The third-order valence-corrected chi connectivity index (χ3v) is 5.03. The number of anilines is 1. The van der Waals surface area contributed by atoms with Crippen molar-refractivity contribution in [3.63, 3.8) is 0 Å². The van der Waals surface area contributed by atoms with Gasteiger partial charge in [-0.05, 0) is 55.3 Å². The van der Waals surface area contributed by atoms with E-state index < -0.39 is 0 Å². The second kappa shape index (κ2) is 8.73. The first-order valence-corrected chi connectivity index (χ1v) is 9.67. The van der Waals surface area contributed by atoms with Gasteiger partial charge in [-0.1, -0.05) is 30.8 Å². The van der Waals surface area contributed by atoms with Crippen LogP contribution in [0, 0.1) is 6.92 Å². The second-order valence-electron chi connectivity index (χ2n) is 5.95. The first-order valence-electron chi connectivity index (χ1n) is 8.68. The zero-order valence-electron chi connectivity index (χ0n) is 15.6. The molecule has 0 radical (unpaired) electrons. The molecule has 1 aromatic heterocycles. The summed E-state index contributed by atoms with van der Waals surface area (Å²) in [5.74, 6) is 1.69. The van der Waals surface area contributed by atoms with E-state index in [9.17, 15) is 4.79 Å². The third kappa shape index (κ3) is 4.68. The normalized spacial score (nSPS) is 10.6. The van der Waals surface area contributed by atoms with Crippen LogP contribution in [0.4, 0.5) is 5.69 Å². The molecule has 3 aromatic rings. The minimum Gasteiger partial charge on any atom is -0.497 e. The largest absolute Gasteiger partial charge is 0.497 e. The minimum absolute atomic E-state index is 0.0984. The Balaban J connectivity index is 1.66. The number of rotatable bonds is 7. The van der Waals surface area contributed by atoms with E-state index in [4.69, 9.17) is 4.74 Å². The molecule has 7 heteroatoms. The van der Waals surface area contributed by atoms with Crippen molar-refractivity contribution in [2.75, 3.05) is 18.2 Å². The van der Waals surface area contributed by atoms with Gasteiger partial charge >= 0.3 is 0 Å². The highest BCUT2D eigenvalue weighted by atomic mass is 32.2. The van der Waals surface area contributed by atoms with Crippen molar-refractivity contribution in [1.29, 1.82) is 0 Å². The molecule has 0 atom stereocenters. The summed E-state index contributed by atoms with van der Waals surface area (Å²) in [4.78, 5) is 12.3. The predicted octanol–water partition coefficient (Wildman–Crippen LogP) is 3.88. The number of carbonyl (C=O) groups is 1. The van der Waals surface area contributed by atoms with E-state index >= 15 is 0 Å². The van der Waals surface area contributed by atoms with Crippen molar-refractivity contribution >= 4 is 23.4 Å². The Hall–Kier alpha value is -2.80. The molecule has 0 saturated carbocycles. The Kier molecular flexibility index (Phi) is 6.13. The van der Waals surface area contributed by atoms with Crippen molar-refractivity contribution < 1.29 is 9.53 Å². The summed E-state index contributed by atoms with van der Waals surface area (Å²) in [5, 5.41) is 11.9. The van der Waals surface area contributed by atoms with Crippen LogP contribution < -0.4 is 10.1 Å². The van der Waals surface area contributed by atoms with Gasteiger partial charge in [0, 0.05) is 11.4 Å². The Labute approximate surface area is 163 Å². The molecule has 0 aliphatic rings. The molecule has 27 heavy (non-hydrogen) atoms. The number of ether oxygens (including phenoxy) is 1. The van der Waals surface area contributed by atoms with Crippen molar-refractivity contribution in [1.82, 2.24) is 14.8 Å². The summed E-state index contributed by atoms with van der Waals surface area (Å²) in [6.07, 6.45) is 0.995. The monoisotopic (exact) mass is 382 g/mol. The van der Waals surface area contributed by atoms with Gasteiger partial charge in [-0.2, -0.15) is 0 Å². The Morgan fingerprint density at radius 1 is 1.11 bits per heavy atom. The topological polar surface area (TPSA) is 69.0 Å². The third-order valence-electron chi connectivity index (χ3n) is 4.10. The zero-order valence-corrected chi connectivity index (χ0v) is 16.4. The van der Waals surface area contributed by atoms with Crippen LogP contribution in [0.2, 0.25) is 0 Å². The lowest BCUT2D eigenvalue weighted by atomic mass is 10.1. The standard InChI is InChI=1S/C20H22N4O2S/c1-4-15-5-9-17(10-6-15)24-14(2)22-23-20(24)27-13-19(25)21-16-7-11-18(26-3)12-8-16/h5-12H,4,13H2,1-3H3,(H,21,25). The van der Waals surface area contributed by atoms with E-state index in [-0.39, 0.29) is 11.7 Å². The average Bonchev–Trinajstić information content (AvgIpc) is 3.07. The molecule has 0 spiro atoms. The van der Waals surface area contributed by atoms with Gasteiger partial charge in [-0.15, -0.1) is 10.2 Å². The number of aryl methyl sites for hydroxylation is 2. The number of methoxy groups -OCH3 is 1. The molecule has 3 rings (SSSR count). The average molecular weight is 382 g/mol. The summed E-state index contributed by atoms with van der Waals surface area (Å²) in [5.41, 5.74) is 3.00. The molecule has 1 heterocycles. The Morgan fingerprint density at radius 3 is 2.44 bits per heavy atom. The first kappa shape index (κ1) is 19.0. The maximum Gasteiger partial charge on any atom is 0.234 e. The summed E-state index contributed by atoms with van der Waals surface area (Å²) >= 11 is 1.36. The fraction of sp³-hybridized carbons (Fsp3) is 0.250. The Bertz CT molecular complexity index is 905. The maximum atomic E-state index is 12.3.